The lowest BCUT2D eigenvalue weighted by atomic mass is 10.1. The molecule has 3 rings (SSSR count). The fourth-order valence-corrected chi connectivity index (χ4v) is 4.25. The molecule has 0 spiro atoms. The molecular weight excluding hydrogens is 446 g/mol. The van der Waals surface area contributed by atoms with Crippen molar-refractivity contribution in [3.05, 3.63) is 54.1 Å². The molecule has 3 aromatic carbocycles. The van der Waals surface area contributed by atoms with Crippen LogP contribution in [0.1, 0.15) is 12.5 Å². The summed E-state index contributed by atoms with van der Waals surface area (Å²) in [6, 6.07) is 9.19. The van der Waals surface area contributed by atoms with Gasteiger partial charge in [0.05, 0.1) is 5.69 Å². The van der Waals surface area contributed by atoms with Gasteiger partial charge in [-0.25, -0.2) is 0 Å². The van der Waals surface area contributed by atoms with Gasteiger partial charge in [0.1, 0.15) is 15.5 Å². The van der Waals surface area contributed by atoms with Crippen LogP contribution in [0.4, 0.5) is 17.1 Å². The first-order valence-corrected chi connectivity index (χ1v) is 11.5. The van der Waals surface area contributed by atoms with Crippen LogP contribution in [0.25, 0.3) is 16.8 Å². The maximum Gasteiger partial charge on any atom is 0.296 e. The number of hydrogen-bond acceptors (Lipinski definition) is 8. The summed E-state index contributed by atoms with van der Waals surface area (Å²) in [4.78, 5) is -1.14. The quantitative estimate of drug-likeness (QED) is 0.248. The maximum absolute atomic E-state index is 11.8. The fraction of sp³-hybridized carbons (Fsp3) is 0.0526. The number of nitrogens with zero attached hydrogens (tertiary/aromatic N) is 2. The molecule has 0 amide bonds. The number of benzene rings is 3. The van der Waals surface area contributed by atoms with Crippen LogP contribution in [0.2, 0.25) is 0 Å². The number of hydrogen-bond donors (Lipinski definition) is 4. The lowest BCUT2D eigenvalue weighted by Gasteiger charge is -2.09. The van der Waals surface area contributed by atoms with Crippen molar-refractivity contribution in [2.75, 3.05) is 5.73 Å². The standard InChI is InChI=1S/C19H17N3O7S2/c1-2-3-11-5-7-14(10-16(11)30(24,25)26)21-22-18-17(31(27,28)29)8-12-4-6-13(20)9-15(12)19(18)23/h2-10,23H,20H2,1H3,(H,24,25,26)(H,27,28,29)/b3-2+,22-21?. The highest BCUT2D eigenvalue weighted by Crippen LogP contribution is 2.42. The Hall–Kier alpha value is -3.32. The Balaban J connectivity index is 2.22. The smallest absolute Gasteiger partial charge is 0.296 e. The van der Waals surface area contributed by atoms with Gasteiger partial charge < -0.3 is 10.8 Å². The molecule has 0 heterocycles. The number of nitrogen functional groups attached to an aromatic ring is 1. The number of azo groups is 1. The highest BCUT2D eigenvalue weighted by atomic mass is 32.2. The van der Waals surface area contributed by atoms with E-state index in [2.05, 4.69) is 10.2 Å². The molecule has 0 aliphatic heterocycles. The third-order valence-electron chi connectivity index (χ3n) is 4.24. The molecule has 0 radical (unpaired) electrons. The molecule has 0 saturated heterocycles. The zero-order chi connectivity index (χ0) is 23.0. The van der Waals surface area contributed by atoms with Gasteiger partial charge in [-0.2, -0.15) is 21.9 Å². The molecule has 31 heavy (non-hydrogen) atoms. The second kappa shape index (κ2) is 8.07. The van der Waals surface area contributed by atoms with Crippen molar-refractivity contribution < 1.29 is 31.0 Å². The number of phenolic OH excluding ortho intramolecular Hbond substituents is 1. The highest BCUT2D eigenvalue weighted by molar-refractivity contribution is 7.86. The summed E-state index contributed by atoms with van der Waals surface area (Å²) in [6.45, 7) is 1.66. The van der Waals surface area contributed by atoms with E-state index < -0.39 is 41.5 Å². The summed E-state index contributed by atoms with van der Waals surface area (Å²) in [6.07, 6.45) is 3.03. The van der Waals surface area contributed by atoms with E-state index in [9.17, 15) is 31.0 Å². The van der Waals surface area contributed by atoms with Gasteiger partial charge in [0.15, 0.2) is 5.75 Å². The zero-order valence-electron chi connectivity index (χ0n) is 16.0. The van der Waals surface area contributed by atoms with E-state index in [1.54, 1.807) is 13.0 Å². The first kappa shape index (κ1) is 22.4. The van der Waals surface area contributed by atoms with Crippen molar-refractivity contribution in [1.82, 2.24) is 0 Å². The minimum atomic E-state index is -4.80. The molecule has 0 unspecified atom stereocenters. The number of allylic oxidation sites excluding steroid dienone is 1. The van der Waals surface area contributed by atoms with Crippen LogP contribution in [0.15, 0.2) is 68.6 Å². The molecule has 0 atom stereocenters. The third-order valence-corrected chi connectivity index (χ3v) is 6.02. The summed E-state index contributed by atoms with van der Waals surface area (Å²) >= 11 is 0. The third kappa shape index (κ3) is 4.72. The average Bonchev–Trinajstić information content (AvgIpc) is 2.67. The topological polar surface area (TPSA) is 180 Å². The van der Waals surface area contributed by atoms with E-state index in [4.69, 9.17) is 5.73 Å². The Bertz CT molecular complexity index is 1460. The van der Waals surface area contributed by atoms with Crippen LogP contribution < -0.4 is 5.73 Å². The van der Waals surface area contributed by atoms with E-state index in [0.717, 1.165) is 12.1 Å². The number of fused-ring (bicyclic) bond motifs is 1. The van der Waals surface area contributed by atoms with E-state index in [-0.39, 0.29) is 22.0 Å². The minimum Gasteiger partial charge on any atom is -0.505 e. The molecule has 0 aromatic heterocycles. The minimum absolute atomic E-state index is 0.0609. The normalized spacial score (nSPS) is 12.9. The second-order valence-corrected chi connectivity index (χ2v) is 9.20. The lowest BCUT2D eigenvalue weighted by Crippen LogP contribution is -2.00. The number of nitrogens with two attached hydrogens (primary N) is 1. The van der Waals surface area contributed by atoms with Crippen molar-refractivity contribution in [3.8, 4) is 5.75 Å². The predicted molar refractivity (Wildman–Crippen MR) is 115 cm³/mol. The van der Waals surface area contributed by atoms with Gasteiger partial charge in [-0.05, 0) is 48.2 Å². The van der Waals surface area contributed by atoms with E-state index in [1.165, 1.54) is 36.4 Å². The molecule has 0 aliphatic rings. The average molecular weight is 463 g/mol. The van der Waals surface area contributed by atoms with Gasteiger partial charge in [0, 0.05) is 11.1 Å². The first-order chi connectivity index (χ1) is 14.4. The summed E-state index contributed by atoms with van der Waals surface area (Å²) in [5.41, 5.74) is 5.58. The largest absolute Gasteiger partial charge is 0.505 e. The Morgan fingerprint density at radius 3 is 2.19 bits per heavy atom. The van der Waals surface area contributed by atoms with Crippen molar-refractivity contribution in [2.45, 2.75) is 16.7 Å². The Morgan fingerprint density at radius 1 is 0.903 bits per heavy atom. The zero-order valence-corrected chi connectivity index (χ0v) is 17.6. The summed E-state index contributed by atoms with van der Waals surface area (Å²) < 4.78 is 66.0. The highest BCUT2D eigenvalue weighted by Gasteiger charge is 2.22. The van der Waals surface area contributed by atoms with Gasteiger partial charge in [0.2, 0.25) is 0 Å². The number of aromatic hydroxyl groups is 1. The predicted octanol–water partition coefficient (Wildman–Crippen LogP) is 4.07. The molecular formula is C19H17N3O7S2. The van der Waals surface area contributed by atoms with E-state index in [0.29, 0.717) is 5.69 Å². The Kier molecular flexibility index (Phi) is 5.83. The number of anilines is 1. The number of phenols is 1. The molecule has 5 N–H and O–H groups in total. The van der Waals surface area contributed by atoms with Gasteiger partial charge in [0.25, 0.3) is 20.2 Å². The van der Waals surface area contributed by atoms with Crippen LogP contribution in [0.5, 0.6) is 5.75 Å². The van der Waals surface area contributed by atoms with E-state index in [1.807, 2.05) is 0 Å². The van der Waals surface area contributed by atoms with Crippen LogP contribution in [0, 0.1) is 0 Å². The van der Waals surface area contributed by atoms with Crippen molar-refractivity contribution in [3.63, 3.8) is 0 Å². The molecule has 0 fully saturated rings. The van der Waals surface area contributed by atoms with Crippen LogP contribution >= 0.6 is 0 Å². The molecule has 0 bridgehead atoms. The van der Waals surface area contributed by atoms with Crippen molar-refractivity contribution in [1.29, 1.82) is 0 Å². The maximum atomic E-state index is 11.8. The first-order valence-electron chi connectivity index (χ1n) is 8.60. The van der Waals surface area contributed by atoms with Gasteiger partial charge in [-0.1, -0.05) is 24.3 Å². The van der Waals surface area contributed by atoms with Crippen molar-refractivity contribution >= 4 is 54.1 Å². The molecule has 12 heteroatoms. The van der Waals surface area contributed by atoms with Gasteiger partial charge in [-0.15, -0.1) is 5.11 Å². The monoisotopic (exact) mass is 463 g/mol. The fourth-order valence-electron chi connectivity index (χ4n) is 2.89. The molecule has 0 aliphatic carbocycles. The second-order valence-electron chi connectivity index (χ2n) is 6.42. The summed E-state index contributed by atoms with van der Waals surface area (Å²) in [5.74, 6) is -0.596. The summed E-state index contributed by atoms with van der Waals surface area (Å²) in [5, 5.41) is 18.5. The van der Waals surface area contributed by atoms with Gasteiger partial charge in [-0.3, -0.25) is 9.11 Å². The van der Waals surface area contributed by atoms with Gasteiger partial charge >= 0.3 is 0 Å². The molecule has 10 nitrogen and oxygen atoms in total. The van der Waals surface area contributed by atoms with Crippen LogP contribution in [-0.2, 0) is 20.2 Å². The van der Waals surface area contributed by atoms with Crippen LogP contribution in [0.3, 0.4) is 0 Å². The molecule has 0 saturated carbocycles. The Morgan fingerprint density at radius 2 is 1.58 bits per heavy atom. The lowest BCUT2D eigenvalue weighted by molar-refractivity contribution is 0.472. The Labute approximate surface area is 177 Å². The summed E-state index contributed by atoms with van der Waals surface area (Å²) in [7, 11) is -9.38. The molecule has 162 valence electrons. The van der Waals surface area contributed by atoms with Crippen LogP contribution in [-0.4, -0.2) is 31.0 Å². The SMILES string of the molecule is C/C=C/c1ccc(N=Nc2c(S(=O)(=O)O)cc3ccc(N)cc3c2O)cc1S(=O)(=O)O. The molecule has 3 aromatic rings. The van der Waals surface area contributed by atoms with E-state index >= 15 is 0 Å². The van der Waals surface area contributed by atoms with Crippen molar-refractivity contribution in [2.24, 2.45) is 10.2 Å². The number of rotatable bonds is 5.